The first-order valence-corrected chi connectivity index (χ1v) is 4.82. The van der Waals surface area contributed by atoms with Crippen LogP contribution in [0.15, 0.2) is 22.2 Å². The third kappa shape index (κ3) is 3.14. The van der Waals surface area contributed by atoms with Crippen LogP contribution in [-0.4, -0.2) is 16.5 Å². The fraction of sp³-hybridized carbons (Fsp3) is 0.333. The van der Waals surface area contributed by atoms with Crippen molar-refractivity contribution in [1.82, 2.24) is 9.78 Å². The summed E-state index contributed by atoms with van der Waals surface area (Å²) >= 11 is 3.23. The molecule has 1 aromatic rings. The van der Waals surface area contributed by atoms with E-state index >= 15 is 0 Å². The Bertz CT molecular complexity index is 302. The van der Waals surface area contributed by atoms with Gasteiger partial charge in [0.05, 0.1) is 0 Å². The molecular weight excluding hydrogens is 230 g/mol. The van der Waals surface area contributed by atoms with Gasteiger partial charge < -0.3 is 0 Å². The summed E-state index contributed by atoms with van der Waals surface area (Å²) in [5.74, 6) is 0.698. The van der Waals surface area contributed by atoms with Gasteiger partial charge in [0.1, 0.15) is 4.60 Å². The Morgan fingerprint density at radius 3 is 2.46 bits per heavy atom. The number of allylic oxidation sites excluding steroid dienone is 1. The number of halogens is 1. The number of nitrogens with zero attached hydrogens (tertiary/aromatic N) is 3. The highest BCUT2D eigenvalue weighted by molar-refractivity contribution is 9.10. The van der Waals surface area contributed by atoms with E-state index in [9.17, 15) is 0 Å². The molecule has 0 saturated heterocycles. The fourth-order valence-corrected chi connectivity index (χ4v) is 1.10. The first kappa shape index (κ1) is 12.1. The molecule has 1 aromatic heterocycles. The Morgan fingerprint density at radius 1 is 1.62 bits per heavy atom. The van der Waals surface area contributed by atoms with Gasteiger partial charge in [0.2, 0.25) is 0 Å². The maximum absolute atomic E-state index is 4.08. The second-order valence-corrected chi connectivity index (χ2v) is 2.94. The lowest BCUT2D eigenvalue weighted by Crippen LogP contribution is -1.92. The van der Waals surface area contributed by atoms with Crippen molar-refractivity contribution < 1.29 is 0 Å². The average molecular weight is 244 g/mol. The summed E-state index contributed by atoms with van der Waals surface area (Å²) in [6.07, 6.45) is 0. The minimum absolute atomic E-state index is 0.698. The average Bonchev–Trinajstić information content (AvgIpc) is 2.50. The molecule has 0 unspecified atom stereocenters. The van der Waals surface area contributed by atoms with E-state index in [0.717, 1.165) is 10.3 Å². The molecule has 1 rings (SSSR count). The highest BCUT2D eigenvalue weighted by Gasteiger charge is 2.03. The monoisotopic (exact) mass is 243 g/mol. The zero-order valence-electron chi connectivity index (χ0n) is 8.21. The SMILES string of the molecule is C=Nc1cc(Br)nn1C(=C)C.CC. The quantitative estimate of drug-likeness (QED) is 0.732. The number of rotatable bonds is 2. The Kier molecular flexibility index (Phi) is 5.30. The molecule has 1 heterocycles. The molecule has 0 radical (unpaired) electrons. The van der Waals surface area contributed by atoms with Crippen molar-refractivity contribution in [2.24, 2.45) is 4.99 Å². The van der Waals surface area contributed by atoms with Crippen LogP contribution in [0.2, 0.25) is 0 Å². The van der Waals surface area contributed by atoms with Crippen LogP contribution in [0.4, 0.5) is 5.82 Å². The molecule has 0 aliphatic carbocycles. The molecule has 0 N–H and O–H groups in total. The Morgan fingerprint density at radius 2 is 2.15 bits per heavy atom. The van der Waals surface area contributed by atoms with E-state index in [4.69, 9.17) is 0 Å². The summed E-state index contributed by atoms with van der Waals surface area (Å²) in [5.41, 5.74) is 0.818. The summed E-state index contributed by atoms with van der Waals surface area (Å²) < 4.78 is 2.36. The standard InChI is InChI=1S/C7H8BrN3.C2H6/c1-5(2)11-7(9-3)4-6(8)10-11;1-2/h4H,1,3H2,2H3;1-2H3. The van der Waals surface area contributed by atoms with Gasteiger partial charge >= 0.3 is 0 Å². The molecule has 0 aromatic carbocycles. The molecule has 0 spiro atoms. The second kappa shape index (κ2) is 5.70. The number of hydrogen-bond acceptors (Lipinski definition) is 2. The largest absolute Gasteiger partial charge is 0.245 e. The minimum atomic E-state index is 0.698. The van der Waals surface area contributed by atoms with E-state index in [1.165, 1.54) is 0 Å². The van der Waals surface area contributed by atoms with Crippen LogP contribution >= 0.6 is 15.9 Å². The van der Waals surface area contributed by atoms with Crippen molar-refractivity contribution in [3.63, 3.8) is 0 Å². The molecular formula is C9H14BrN3. The van der Waals surface area contributed by atoms with Gasteiger partial charge in [0, 0.05) is 11.8 Å². The van der Waals surface area contributed by atoms with Crippen molar-refractivity contribution in [3.05, 3.63) is 17.2 Å². The molecule has 0 atom stereocenters. The minimum Gasteiger partial charge on any atom is -0.245 e. The van der Waals surface area contributed by atoms with Gasteiger partial charge in [-0.05, 0) is 29.6 Å². The number of aromatic nitrogens is 2. The molecule has 72 valence electrons. The molecule has 13 heavy (non-hydrogen) atoms. The zero-order chi connectivity index (χ0) is 10.4. The van der Waals surface area contributed by atoms with Gasteiger partial charge in [-0.3, -0.25) is 0 Å². The van der Waals surface area contributed by atoms with E-state index in [-0.39, 0.29) is 0 Å². The van der Waals surface area contributed by atoms with Crippen LogP contribution in [0.5, 0.6) is 0 Å². The predicted octanol–water partition coefficient (Wildman–Crippen LogP) is 3.49. The van der Waals surface area contributed by atoms with E-state index in [1.807, 2.05) is 20.8 Å². The van der Waals surface area contributed by atoms with Gasteiger partial charge in [-0.15, -0.1) is 0 Å². The summed E-state index contributed by atoms with van der Waals surface area (Å²) in [7, 11) is 0. The normalized spacial score (nSPS) is 8.62. The van der Waals surface area contributed by atoms with Crippen molar-refractivity contribution in [1.29, 1.82) is 0 Å². The van der Waals surface area contributed by atoms with Crippen LogP contribution in [0.1, 0.15) is 20.8 Å². The second-order valence-electron chi connectivity index (χ2n) is 2.13. The molecule has 0 bridgehead atoms. The molecule has 0 aliphatic heterocycles. The number of hydrogen-bond donors (Lipinski definition) is 0. The predicted molar refractivity (Wildman–Crippen MR) is 61.5 cm³/mol. The smallest absolute Gasteiger partial charge is 0.155 e. The first-order valence-electron chi connectivity index (χ1n) is 4.03. The lowest BCUT2D eigenvalue weighted by atomic mass is 10.5. The van der Waals surface area contributed by atoms with Crippen LogP contribution in [0.3, 0.4) is 0 Å². The lowest BCUT2D eigenvalue weighted by molar-refractivity contribution is 0.888. The molecule has 0 aliphatic rings. The van der Waals surface area contributed by atoms with E-state index in [0.29, 0.717) is 5.82 Å². The number of aliphatic imine (C=N–C) groups is 1. The maximum atomic E-state index is 4.08. The Balaban J connectivity index is 0.000000671. The molecule has 0 fully saturated rings. The third-order valence-corrected chi connectivity index (χ3v) is 1.57. The molecule has 0 amide bonds. The van der Waals surface area contributed by atoms with E-state index < -0.39 is 0 Å². The lowest BCUT2D eigenvalue weighted by Gasteiger charge is -1.99. The van der Waals surface area contributed by atoms with Crippen LogP contribution in [-0.2, 0) is 0 Å². The highest BCUT2D eigenvalue weighted by Crippen LogP contribution is 2.20. The first-order chi connectivity index (χ1) is 6.15. The topological polar surface area (TPSA) is 30.2 Å². The fourth-order valence-electron chi connectivity index (χ4n) is 0.737. The Hall–Kier alpha value is -0.900. The van der Waals surface area contributed by atoms with Crippen LogP contribution < -0.4 is 0 Å². The molecule has 3 nitrogen and oxygen atoms in total. The van der Waals surface area contributed by atoms with Crippen LogP contribution in [0, 0.1) is 0 Å². The summed E-state index contributed by atoms with van der Waals surface area (Å²) in [6, 6.07) is 1.78. The zero-order valence-corrected chi connectivity index (χ0v) is 9.80. The van der Waals surface area contributed by atoms with Crippen LogP contribution in [0.25, 0.3) is 5.70 Å². The molecule has 0 saturated carbocycles. The summed E-state index contributed by atoms with van der Waals surface area (Å²) in [4.78, 5) is 3.77. The van der Waals surface area contributed by atoms with Crippen molar-refractivity contribution >= 4 is 34.2 Å². The van der Waals surface area contributed by atoms with E-state index in [2.05, 4.69) is 39.3 Å². The maximum Gasteiger partial charge on any atom is 0.155 e. The van der Waals surface area contributed by atoms with Gasteiger partial charge in [-0.2, -0.15) is 5.10 Å². The van der Waals surface area contributed by atoms with Gasteiger partial charge in [-0.1, -0.05) is 20.4 Å². The highest BCUT2D eigenvalue weighted by atomic mass is 79.9. The Labute approximate surface area is 87.3 Å². The van der Waals surface area contributed by atoms with Crippen molar-refractivity contribution in [2.45, 2.75) is 20.8 Å². The van der Waals surface area contributed by atoms with Crippen molar-refractivity contribution in [2.75, 3.05) is 0 Å². The van der Waals surface area contributed by atoms with Gasteiger partial charge in [-0.25, -0.2) is 9.67 Å². The van der Waals surface area contributed by atoms with Crippen molar-refractivity contribution in [3.8, 4) is 0 Å². The van der Waals surface area contributed by atoms with Gasteiger partial charge in [0.25, 0.3) is 0 Å². The molecule has 4 heteroatoms. The summed E-state index contributed by atoms with van der Waals surface area (Å²) in [6.45, 7) is 13.0. The van der Waals surface area contributed by atoms with E-state index in [1.54, 1.807) is 10.7 Å². The third-order valence-electron chi connectivity index (χ3n) is 1.18. The van der Waals surface area contributed by atoms with Gasteiger partial charge in [0.15, 0.2) is 5.82 Å². The summed E-state index contributed by atoms with van der Waals surface area (Å²) in [5, 5.41) is 4.08.